The minimum atomic E-state index is 0.360. The topological polar surface area (TPSA) is 26.0 Å². The molecule has 0 amide bonds. The average Bonchev–Trinajstić information content (AvgIpc) is 2.03. The molecule has 0 saturated heterocycles. The fraction of sp³-hybridized carbons (Fsp3) is 1.00. The maximum Gasteiger partial charge on any atom is -0.00206 e. The normalized spacial score (nSPS) is 18.7. The number of hydrogen-bond acceptors (Lipinski definition) is 1. The second-order valence-electron chi connectivity index (χ2n) is 5.14. The third-order valence-electron chi connectivity index (χ3n) is 3.30. The van der Waals surface area contributed by atoms with E-state index in [0.717, 1.165) is 18.4 Å². The maximum absolute atomic E-state index is 5.87. The summed E-state index contributed by atoms with van der Waals surface area (Å²) in [4.78, 5) is 0. The Morgan fingerprint density at radius 2 is 1.77 bits per heavy atom. The summed E-state index contributed by atoms with van der Waals surface area (Å²) in [6, 6.07) is 0. The van der Waals surface area contributed by atoms with Crippen molar-refractivity contribution in [3.8, 4) is 0 Å². The van der Waals surface area contributed by atoms with E-state index in [2.05, 4.69) is 34.6 Å². The maximum atomic E-state index is 5.87. The molecule has 2 atom stereocenters. The van der Waals surface area contributed by atoms with E-state index >= 15 is 0 Å². The third kappa shape index (κ3) is 4.12. The Morgan fingerprint density at radius 1 is 1.23 bits per heavy atom. The summed E-state index contributed by atoms with van der Waals surface area (Å²) < 4.78 is 0. The standard InChI is InChI=1S/C12H27N/c1-6-7-12(5,9-13)11(4)8-10(2)3/h10-11H,6-9,13H2,1-5H3. The monoisotopic (exact) mass is 185 g/mol. The molecule has 0 aliphatic heterocycles. The van der Waals surface area contributed by atoms with Crippen LogP contribution in [-0.2, 0) is 0 Å². The van der Waals surface area contributed by atoms with Crippen molar-refractivity contribution in [1.29, 1.82) is 0 Å². The summed E-state index contributed by atoms with van der Waals surface area (Å²) in [6.45, 7) is 12.3. The summed E-state index contributed by atoms with van der Waals surface area (Å²) in [5, 5.41) is 0. The molecule has 0 saturated carbocycles. The fourth-order valence-corrected chi connectivity index (χ4v) is 2.11. The Bertz CT molecular complexity index is 131. The summed E-state index contributed by atoms with van der Waals surface area (Å²) in [5.41, 5.74) is 6.23. The van der Waals surface area contributed by atoms with Gasteiger partial charge in [0, 0.05) is 0 Å². The molecule has 0 heterocycles. The summed E-state index contributed by atoms with van der Waals surface area (Å²) in [6.07, 6.45) is 3.81. The highest BCUT2D eigenvalue weighted by molar-refractivity contribution is 4.81. The van der Waals surface area contributed by atoms with Gasteiger partial charge in [0.1, 0.15) is 0 Å². The van der Waals surface area contributed by atoms with E-state index in [4.69, 9.17) is 5.73 Å². The van der Waals surface area contributed by atoms with Gasteiger partial charge in [0.15, 0.2) is 0 Å². The molecule has 0 aromatic heterocycles. The summed E-state index contributed by atoms with van der Waals surface area (Å²) in [7, 11) is 0. The van der Waals surface area contributed by atoms with Crippen molar-refractivity contribution in [2.75, 3.05) is 6.54 Å². The predicted molar refractivity (Wildman–Crippen MR) is 60.7 cm³/mol. The van der Waals surface area contributed by atoms with Crippen LogP contribution in [0.3, 0.4) is 0 Å². The first-order valence-corrected chi connectivity index (χ1v) is 5.66. The van der Waals surface area contributed by atoms with E-state index in [-0.39, 0.29) is 0 Å². The summed E-state index contributed by atoms with van der Waals surface area (Å²) >= 11 is 0. The lowest BCUT2D eigenvalue weighted by Crippen LogP contribution is -2.34. The lowest BCUT2D eigenvalue weighted by atomic mass is 9.72. The zero-order valence-electron chi connectivity index (χ0n) is 10.1. The average molecular weight is 185 g/mol. The highest BCUT2D eigenvalue weighted by atomic mass is 14.6. The molecule has 1 nitrogen and oxygen atoms in total. The lowest BCUT2D eigenvalue weighted by molar-refractivity contribution is 0.166. The first-order valence-electron chi connectivity index (χ1n) is 5.66. The number of nitrogens with two attached hydrogens (primary N) is 1. The first kappa shape index (κ1) is 13.0. The Hall–Kier alpha value is -0.0400. The van der Waals surface area contributed by atoms with Crippen LogP contribution in [0.25, 0.3) is 0 Å². The van der Waals surface area contributed by atoms with Gasteiger partial charge in [-0.05, 0) is 36.6 Å². The van der Waals surface area contributed by atoms with Crippen molar-refractivity contribution in [2.45, 2.75) is 53.9 Å². The molecule has 0 spiro atoms. The molecule has 0 aliphatic carbocycles. The molecule has 2 unspecified atom stereocenters. The van der Waals surface area contributed by atoms with Gasteiger partial charge in [0.05, 0.1) is 0 Å². The Morgan fingerprint density at radius 3 is 2.08 bits per heavy atom. The minimum absolute atomic E-state index is 0.360. The van der Waals surface area contributed by atoms with Crippen LogP contribution in [-0.4, -0.2) is 6.54 Å². The minimum Gasteiger partial charge on any atom is -0.330 e. The van der Waals surface area contributed by atoms with Crippen molar-refractivity contribution in [1.82, 2.24) is 0 Å². The van der Waals surface area contributed by atoms with Crippen molar-refractivity contribution in [3.05, 3.63) is 0 Å². The van der Waals surface area contributed by atoms with Gasteiger partial charge < -0.3 is 5.73 Å². The third-order valence-corrected chi connectivity index (χ3v) is 3.30. The zero-order chi connectivity index (χ0) is 10.5. The van der Waals surface area contributed by atoms with E-state index in [0.29, 0.717) is 5.41 Å². The predicted octanol–water partition coefficient (Wildman–Crippen LogP) is 3.43. The Kier molecular flexibility index (Phi) is 5.62. The van der Waals surface area contributed by atoms with E-state index < -0.39 is 0 Å². The second kappa shape index (κ2) is 5.64. The number of rotatable bonds is 6. The fourth-order valence-electron chi connectivity index (χ4n) is 2.11. The quantitative estimate of drug-likeness (QED) is 0.674. The molecule has 1 heteroatoms. The van der Waals surface area contributed by atoms with Crippen molar-refractivity contribution in [3.63, 3.8) is 0 Å². The molecule has 0 rings (SSSR count). The van der Waals surface area contributed by atoms with Crippen LogP contribution >= 0.6 is 0 Å². The van der Waals surface area contributed by atoms with Crippen LogP contribution in [0.1, 0.15) is 53.9 Å². The van der Waals surface area contributed by atoms with E-state index in [9.17, 15) is 0 Å². The smallest absolute Gasteiger partial charge is 0.00206 e. The molecular formula is C12H27N. The van der Waals surface area contributed by atoms with Gasteiger partial charge >= 0.3 is 0 Å². The SMILES string of the molecule is CCCC(C)(CN)C(C)CC(C)C. The van der Waals surface area contributed by atoms with Crippen LogP contribution < -0.4 is 5.73 Å². The van der Waals surface area contributed by atoms with Gasteiger partial charge in [-0.2, -0.15) is 0 Å². The van der Waals surface area contributed by atoms with Crippen molar-refractivity contribution in [2.24, 2.45) is 23.0 Å². The van der Waals surface area contributed by atoms with Gasteiger partial charge in [-0.1, -0.05) is 41.0 Å². The molecule has 2 N–H and O–H groups in total. The molecule has 0 radical (unpaired) electrons. The van der Waals surface area contributed by atoms with Crippen LogP contribution in [0.15, 0.2) is 0 Å². The van der Waals surface area contributed by atoms with Crippen LogP contribution in [0.4, 0.5) is 0 Å². The van der Waals surface area contributed by atoms with E-state index in [1.54, 1.807) is 0 Å². The Labute approximate surface area is 84.1 Å². The zero-order valence-corrected chi connectivity index (χ0v) is 10.1. The largest absolute Gasteiger partial charge is 0.330 e. The molecule has 0 aliphatic rings. The molecular weight excluding hydrogens is 158 g/mol. The molecule has 0 aromatic carbocycles. The van der Waals surface area contributed by atoms with Crippen LogP contribution in [0.5, 0.6) is 0 Å². The Balaban J connectivity index is 4.19. The van der Waals surface area contributed by atoms with Gasteiger partial charge in [0.25, 0.3) is 0 Å². The van der Waals surface area contributed by atoms with Gasteiger partial charge in [-0.3, -0.25) is 0 Å². The van der Waals surface area contributed by atoms with Crippen LogP contribution in [0, 0.1) is 17.3 Å². The first-order chi connectivity index (χ1) is 5.96. The highest BCUT2D eigenvalue weighted by Crippen LogP contribution is 2.35. The molecule has 13 heavy (non-hydrogen) atoms. The van der Waals surface area contributed by atoms with Crippen molar-refractivity contribution >= 4 is 0 Å². The summed E-state index contributed by atoms with van der Waals surface area (Å²) in [5.74, 6) is 1.54. The van der Waals surface area contributed by atoms with Crippen LogP contribution in [0.2, 0.25) is 0 Å². The van der Waals surface area contributed by atoms with Crippen molar-refractivity contribution < 1.29 is 0 Å². The second-order valence-corrected chi connectivity index (χ2v) is 5.14. The van der Waals surface area contributed by atoms with E-state index in [1.807, 2.05) is 0 Å². The highest BCUT2D eigenvalue weighted by Gasteiger charge is 2.28. The molecule has 0 aromatic rings. The van der Waals surface area contributed by atoms with Gasteiger partial charge in [0.2, 0.25) is 0 Å². The number of hydrogen-bond donors (Lipinski definition) is 1. The lowest BCUT2D eigenvalue weighted by Gasteiger charge is -2.35. The molecule has 0 bridgehead atoms. The molecule has 0 fully saturated rings. The van der Waals surface area contributed by atoms with E-state index in [1.165, 1.54) is 19.3 Å². The van der Waals surface area contributed by atoms with Gasteiger partial charge in [-0.25, -0.2) is 0 Å². The molecule has 80 valence electrons. The van der Waals surface area contributed by atoms with Gasteiger partial charge in [-0.15, -0.1) is 0 Å².